The summed E-state index contributed by atoms with van der Waals surface area (Å²) in [5.74, 6) is -0.295. The molecule has 0 atom stereocenters. The van der Waals surface area contributed by atoms with Gasteiger partial charge in [-0.3, -0.25) is 14.9 Å². The Morgan fingerprint density at radius 2 is 1.84 bits per heavy atom. The van der Waals surface area contributed by atoms with Gasteiger partial charge in [0.05, 0.1) is 4.92 Å². The van der Waals surface area contributed by atoms with Gasteiger partial charge in [-0.05, 0) is 52.9 Å². The molecule has 0 heterocycles. The molecule has 2 rings (SSSR count). The molecule has 0 radical (unpaired) electrons. The van der Waals surface area contributed by atoms with Gasteiger partial charge in [0.15, 0.2) is 0 Å². The number of carbonyl (C=O) groups excluding carboxylic acids is 1. The third kappa shape index (κ3) is 3.50. The molecule has 5 nitrogen and oxygen atoms in total. The molecule has 0 fully saturated rings. The van der Waals surface area contributed by atoms with Crippen LogP contribution in [0.5, 0.6) is 0 Å². The maximum atomic E-state index is 11.9. The minimum Gasteiger partial charge on any atom is -0.322 e. The number of rotatable bonds is 3. The van der Waals surface area contributed by atoms with Gasteiger partial charge in [-0.15, -0.1) is 0 Å². The lowest BCUT2D eigenvalue weighted by Gasteiger charge is -2.05. The van der Waals surface area contributed by atoms with E-state index in [9.17, 15) is 14.9 Å². The van der Waals surface area contributed by atoms with Crippen LogP contribution in [0.25, 0.3) is 0 Å². The van der Waals surface area contributed by atoms with Crippen LogP contribution in [0.15, 0.2) is 48.5 Å². The zero-order chi connectivity index (χ0) is 13.8. The van der Waals surface area contributed by atoms with Crippen LogP contribution in [0, 0.1) is 13.7 Å². The molecule has 0 saturated heterocycles. The molecule has 0 aliphatic carbocycles. The van der Waals surface area contributed by atoms with E-state index < -0.39 is 4.92 Å². The fourth-order valence-electron chi connectivity index (χ4n) is 1.50. The molecule has 0 aliphatic rings. The van der Waals surface area contributed by atoms with Crippen molar-refractivity contribution in [2.75, 3.05) is 5.32 Å². The molecule has 0 unspecified atom stereocenters. The van der Waals surface area contributed by atoms with Gasteiger partial charge in [0.2, 0.25) is 0 Å². The number of nitro groups is 1. The summed E-state index contributed by atoms with van der Waals surface area (Å²) in [6.07, 6.45) is 0. The first-order chi connectivity index (χ1) is 9.06. The van der Waals surface area contributed by atoms with Crippen molar-refractivity contribution in [1.82, 2.24) is 0 Å². The van der Waals surface area contributed by atoms with Crippen molar-refractivity contribution < 1.29 is 9.72 Å². The molecule has 6 heteroatoms. The standard InChI is InChI=1S/C13H9IN2O3/c14-10-6-4-9(5-7-10)13(17)15-11-2-1-3-12(8-11)16(18)19/h1-8H,(H,15,17). The molecule has 1 N–H and O–H groups in total. The number of anilines is 1. The molecule has 0 saturated carbocycles. The third-order valence-electron chi connectivity index (χ3n) is 2.42. The number of non-ortho nitro benzene ring substituents is 1. The summed E-state index contributed by atoms with van der Waals surface area (Å²) < 4.78 is 1.03. The summed E-state index contributed by atoms with van der Waals surface area (Å²) in [4.78, 5) is 22.1. The van der Waals surface area contributed by atoms with Gasteiger partial charge < -0.3 is 5.32 Å². The van der Waals surface area contributed by atoms with Crippen molar-refractivity contribution in [2.24, 2.45) is 0 Å². The van der Waals surface area contributed by atoms with Crippen molar-refractivity contribution in [3.63, 3.8) is 0 Å². The number of carbonyl (C=O) groups is 1. The van der Waals surface area contributed by atoms with Crippen molar-refractivity contribution in [3.05, 3.63) is 67.8 Å². The Balaban J connectivity index is 2.17. The van der Waals surface area contributed by atoms with Gasteiger partial charge in [0.1, 0.15) is 0 Å². The lowest BCUT2D eigenvalue weighted by molar-refractivity contribution is -0.384. The Morgan fingerprint density at radius 3 is 2.47 bits per heavy atom. The first-order valence-electron chi connectivity index (χ1n) is 5.37. The van der Waals surface area contributed by atoms with Crippen LogP contribution in [-0.4, -0.2) is 10.8 Å². The second-order valence-electron chi connectivity index (χ2n) is 3.77. The van der Waals surface area contributed by atoms with Crippen molar-refractivity contribution in [1.29, 1.82) is 0 Å². The maximum absolute atomic E-state index is 11.9. The average molecular weight is 368 g/mol. The molecule has 2 aromatic carbocycles. The molecular formula is C13H9IN2O3. The van der Waals surface area contributed by atoms with Crippen molar-refractivity contribution in [2.45, 2.75) is 0 Å². The molecule has 19 heavy (non-hydrogen) atoms. The summed E-state index contributed by atoms with van der Waals surface area (Å²) in [5, 5.41) is 13.3. The molecule has 0 spiro atoms. The monoisotopic (exact) mass is 368 g/mol. The van der Waals surface area contributed by atoms with Crippen LogP contribution in [0.1, 0.15) is 10.4 Å². The Hall–Kier alpha value is -1.96. The number of benzene rings is 2. The smallest absolute Gasteiger partial charge is 0.271 e. The highest BCUT2D eigenvalue weighted by Crippen LogP contribution is 2.18. The fraction of sp³-hybridized carbons (Fsp3) is 0. The van der Waals surface area contributed by atoms with Crippen LogP contribution < -0.4 is 5.32 Å². The molecule has 2 aromatic rings. The number of amides is 1. The normalized spacial score (nSPS) is 9.95. The first kappa shape index (κ1) is 13.5. The summed E-state index contributed by atoms with van der Waals surface area (Å²) >= 11 is 2.15. The number of nitro benzene ring substituents is 1. The van der Waals surface area contributed by atoms with E-state index >= 15 is 0 Å². The Morgan fingerprint density at radius 1 is 1.16 bits per heavy atom. The van der Waals surface area contributed by atoms with Crippen LogP contribution in [0.2, 0.25) is 0 Å². The molecule has 96 valence electrons. The van der Waals surface area contributed by atoms with Crippen LogP contribution in [-0.2, 0) is 0 Å². The van der Waals surface area contributed by atoms with Gasteiger partial charge in [-0.1, -0.05) is 6.07 Å². The van der Waals surface area contributed by atoms with Gasteiger partial charge in [-0.25, -0.2) is 0 Å². The number of hydrogen-bond donors (Lipinski definition) is 1. The minimum absolute atomic E-state index is 0.0552. The maximum Gasteiger partial charge on any atom is 0.271 e. The van der Waals surface area contributed by atoms with E-state index in [1.54, 1.807) is 18.2 Å². The second kappa shape index (κ2) is 5.79. The molecule has 0 bridgehead atoms. The van der Waals surface area contributed by atoms with E-state index in [0.29, 0.717) is 11.3 Å². The quantitative estimate of drug-likeness (QED) is 0.513. The van der Waals surface area contributed by atoms with E-state index in [1.807, 2.05) is 12.1 Å². The van der Waals surface area contributed by atoms with E-state index in [0.717, 1.165) is 3.57 Å². The van der Waals surface area contributed by atoms with Crippen molar-refractivity contribution in [3.8, 4) is 0 Å². The summed E-state index contributed by atoms with van der Waals surface area (Å²) in [7, 11) is 0. The molecule has 1 amide bonds. The average Bonchev–Trinajstić information content (AvgIpc) is 2.39. The Bertz CT molecular complexity index is 626. The van der Waals surface area contributed by atoms with E-state index in [2.05, 4.69) is 27.9 Å². The van der Waals surface area contributed by atoms with Crippen LogP contribution in [0.4, 0.5) is 11.4 Å². The third-order valence-corrected chi connectivity index (χ3v) is 3.14. The van der Waals surface area contributed by atoms with E-state index in [-0.39, 0.29) is 11.6 Å². The van der Waals surface area contributed by atoms with Gasteiger partial charge >= 0.3 is 0 Å². The highest BCUT2D eigenvalue weighted by molar-refractivity contribution is 14.1. The lowest BCUT2D eigenvalue weighted by atomic mass is 10.2. The predicted octanol–water partition coefficient (Wildman–Crippen LogP) is 3.45. The molecule has 0 aliphatic heterocycles. The summed E-state index contributed by atoms with van der Waals surface area (Å²) in [6, 6.07) is 12.9. The van der Waals surface area contributed by atoms with E-state index in [1.165, 1.54) is 18.2 Å². The number of nitrogens with one attached hydrogen (secondary N) is 1. The molecule has 0 aromatic heterocycles. The van der Waals surface area contributed by atoms with Crippen molar-refractivity contribution >= 4 is 39.9 Å². The predicted molar refractivity (Wildman–Crippen MR) is 80.2 cm³/mol. The Labute approximate surface area is 122 Å². The van der Waals surface area contributed by atoms with E-state index in [4.69, 9.17) is 0 Å². The lowest BCUT2D eigenvalue weighted by Crippen LogP contribution is -2.11. The largest absolute Gasteiger partial charge is 0.322 e. The van der Waals surface area contributed by atoms with Gasteiger partial charge in [0.25, 0.3) is 11.6 Å². The topological polar surface area (TPSA) is 72.2 Å². The summed E-state index contributed by atoms with van der Waals surface area (Å²) in [5.41, 5.74) is 0.852. The number of nitrogens with zero attached hydrogens (tertiary/aromatic N) is 1. The van der Waals surface area contributed by atoms with Gasteiger partial charge in [-0.2, -0.15) is 0 Å². The van der Waals surface area contributed by atoms with Crippen LogP contribution in [0.3, 0.4) is 0 Å². The highest BCUT2D eigenvalue weighted by atomic mass is 127. The van der Waals surface area contributed by atoms with Gasteiger partial charge in [0, 0.05) is 27.0 Å². The number of hydrogen-bond acceptors (Lipinski definition) is 3. The van der Waals surface area contributed by atoms with Crippen LogP contribution >= 0.6 is 22.6 Å². The zero-order valence-corrected chi connectivity index (χ0v) is 11.8. The highest BCUT2D eigenvalue weighted by Gasteiger charge is 2.09. The zero-order valence-electron chi connectivity index (χ0n) is 9.67. The Kier molecular flexibility index (Phi) is 4.10. The second-order valence-corrected chi connectivity index (χ2v) is 5.01. The first-order valence-corrected chi connectivity index (χ1v) is 6.45. The summed E-state index contributed by atoms with van der Waals surface area (Å²) in [6.45, 7) is 0. The fourth-order valence-corrected chi connectivity index (χ4v) is 1.86. The minimum atomic E-state index is -0.499. The SMILES string of the molecule is O=C(Nc1cccc([N+](=O)[O-])c1)c1ccc(I)cc1. The molecular weight excluding hydrogens is 359 g/mol. The number of halogens is 1.